The van der Waals surface area contributed by atoms with Gasteiger partial charge in [0.05, 0.1) is 5.69 Å². The molecule has 0 atom stereocenters. The van der Waals surface area contributed by atoms with Gasteiger partial charge in [-0.05, 0) is 12.1 Å². The Bertz CT molecular complexity index is 779. The Morgan fingerprint density at radius 2 is 1.72 bits per heavy atom. The van der Waals surface area contributed by atoms with Gasteiger partial charge in [0.2, 0.25) is 5.71 Å². The van der Waals surface area contributed by atoms with Gasteiger partial charge in [0, 0.05) is 11.5 Å². The number of anilines is 1. The lowest BCUT2D eigenvalue weighted by Gasteiger charge is -2.31. The summed E-state index contributed by atoms with van der Waals surface area (Å²) in [5, 5.41) is 12.6. The van der Waals surface area contributed by atoms with Crippen LogP contribution in [-0.4, -0.2) is 23.7 Å². The van der Waals surface area contributed by atoms with E-state index >= 15 is 0 Å². The molecular formula is C15H13F4N3O3. The molecule has 1 N–H and O–H groups in total. The molecule has 1 heterocycles. The third-order valence-electron chi connectivity index (χ3n) is 3.06. The van der Waals surface area contributed by atoms with Crippen LogP contribution in [0.15, 0.2) is 23.3 Å². The molecule has 1 aliphatic rings. The van der Waals surface area contributed by atoms with Gasteiger partial charge in [0.25, 0.3) is 0 Å². The zero-order valence-electron chi connectivity index (χ0n) is 13.4. The molecular weight excluding hydrogens is 346 g/mol. The summed E-state index contributed by atoms with van der Waals surface area (Å²) in [6.45, 7) is 4.78. The smallest absolute Gasteiger partial charge is 0.421 e. The summed E-state index contributed by atoms with van der Waals surface area (Å²) in [7, 11) is 0. The van der Waals surface area contributed by atoms with Gasteiger partial charge in [-0.2, -0.15) is 27.9 Å². The summed E-state index contributed by atoms with van der Waals surface area (Å²) in [5.41, 5.74) is 1.07. The van der Waals surface area contributed by atoms with Crippen molar-refractivity contribution in [1.29, 1.82) is 5.26 Å². The first-order valence-corrected chi connectivity index (χ1v) is 6.94. The Balaban J connectivity index is 2.26. The number of ketones is 1. The Morgan fingerprint density at radius 1 is 1.16 bits per heavy atom. The maximum Gasteiger partial charge on any atom is 0.507 e. The van der Waals surface area contributed by atoms with Gasteiger partial charge in [0.1, 0.15) is 6.07 Å². The van der Waals surface area contributed by atoms with E-state index in [0.717, 1.165) is 12.1 Å². The van der Waals surface area contributed by atoms with Crippen molar-refractivity contribution in [2.45, 2.75) is 33.0 Å². The minimum atomic E-state index is -4.85. The summed E-state index contributed by atoms with van der Waals surface area (Å²) in [5.74, 6) is -1.76. The number of fused-ring (bicyclic) bond motifs is 1. The number of hydrazone groups is 1. The third-order valence-corrected chi connectivity index (χ3v) is 3.06. The molecule has 0 radical (unpaired) electrons. The van der Waals surface area contributed by atoms with E-state index in [1.54, 1.807) is 26.8 Å². The molecule has 0 spiro atoms. The van der Waals surface area contributed by atoms with Crippen LogP contribution in [-0.2, 0) is 4.79 Å². The predicted octanol–water partition coefficient (Wildman–Crippen LogP) is 3.55. The van der Waals surface area contributed by atoms with Crippen molar-refractivity contribution in [3.05, 3.63) is 18.2 Å². The van der Waals surface area contributed by atoms with Crippen LogP contribution in [0.3, 0.4) is 0 Å². The van der Waals surface area contributed by atoms with Crippen LogP contribution in [0.5, 0.6) is 11.5 Å². The molecule has 10 heteroatoms. The highest BCUT2D eigenvalue weighted by atomic mass is 19.3. The number of nitrogens with zero attached hydrogens (tertiary/aromatic N) is 2. The van der Waals surface area contributed by atoms with Crippen molar-refractivity contribution in [2.75, 3.05) is 5.43 Å². The number of hydrogen-bond donors (Lipinski definition) is 1. The number of halogens is 4. The van der Waals surface area contributed by atoms with Gasteiger partial charge < -0.3 is 9.47 Å². The van der Waals surface area contributed by atoms with Crippen LogP contribution >= 0.6 is 0 Å². The molecule has 1 aliphatic heterocycles. The number of alkyl halides is 4. The van der Waals surface area contributed by atoms with Gasteiger partial charge in [0.15, 0.2) is 17.3 Å². The van der Waals surface area contributed by atoms with Crippen molar-refractivity contribution in [1.82, 2.24) is 0 Å². The molecule has 6 nitrogen and oxygen atoms in total. The average molecular weight is 359 g/mol. The van der Waals surface area contributed by atoms with E-state index < -0.39 is 40.6 Å². The zero-order chi connectivity index (χ0) is 19.0. The van der Waals surface area contributed by atoms with E-state index in [1.165, 1.54) is 6.07 Å². The minimum absolute atomic E-state index is 0.0258. The molecule has 0 aromatic heterocycles. The first-order chi connectivity index (χ1) is 11.4. The SMILES string of the molecule is CC(C)(C)C(=O)/C(C#N)=N\Nc1ccc2c(c1)OC(F)(F)C(F)(F)O2. The topological polar surface area (TPSA) is 83.7 Å². The third kappa shape index (κ3) is 3.65. The van der Waals surface area contributed by atoms with Gasteiger partial charge >= 0.3 is 12.2 Å². The fourth-order valence-corrected chi connectivity index (χ4v) is 1.74. The van der Waals surface area contributed by atoms with Crippen molar-refractivity contribution < 1.29 is 31.8 Å². The first kappa shape index (κ1) is 18.5. The number of rotatable bonds is 3. The van der Waals surface area contributed by atoms with Crippen molar-refractivity contribution in [3.63, 3.8) is 0 Å². The lowest BCUT2D eigenvalue weighted by Crippen LogP contribution is -2.52. The zero-order valence-corrected chi connectivity index (χ0v) is 13.4. The maximum atomic E-state index is 13.2. The second-order valence-corrected chi connectivity index (χ2v) is 6.16. The monoisotopic (exact) mass is 359 g/mol. The van der Waals surface area contributed by atoms with Crippen LogP contribution in [0.25, 0.3) is 0 Å². The Labute approximate surface area is 140 Å². The quantitative estimate of drug-likeness (QED) is 0.507. The average Bonchev–Trinajstić information content (AvgIpc) is 2.47. The molecule has 0 bridgehead atoms. The minimum Gasteiger partial charge on any atom is -0.421 e. The molecule has 0 saturated carbocycles. The molecule has 1 aromatic rings. The van der Waals surface area contributed by atoms with E-state index in [2.05, 4.69) is 20.0 Å². The van der Waals surface area contributed by atoms with Crippen LogP contribution in [0.4, 0.5) is 23.2 Å². The number of benzene rings is 1. The summed E-state index contributed by atoms with van der Waals surface area (Å²) in [4.78, 5) is 12.0. The number of nitrogens with one attached hydrogen (secondary N) is 1. The number of hydrogen-bond acceptors (Lipinski definition) is 6. The summed E-state index contributed by atoms with van der Waals surface area (Å²) in [6, 6.07) is 4.71. The van der Waals surface area contributed by atoms with Gasteiger partial charge in [-0.25, -0.2) is 0 Å². The van der Waals surface area contributed by atoms with E-state index in [9.17, 15) is 22.4 Å². The molecule has 25 heavy (non-hydrogen) atoms. The van der Waals surface area contributed by atoms with E-state index in [4.69, 9.17) is 5.26 Å². The number of ether oxygens (including phenoxy) is 2. The summed E-state index contributed by atoms with van der Waals surface area (Å²) >= 11 is 0. The Hall–Kier alpha value is -2.83. The van der Waals surface area contributed by atoms with E-state index in [0.29, 0.717) is 0 Å². The number of carbonyl (C=O) groups is 1. The molecule has 1 aromatic carbocycles. The maximum absolute atomic E-state index is 13.2. The molecule has 0 saturated heterocycles. The number of Topliss-reactive ketones (excluding diaryl/α,β-unsaturated/α-hetero) is 1. The molecule has 134 valence electrons. The molecule has 0 amide bonds. The highest BCUT2D eigenvalue weighted by Gasteiger charge is 2.65. The number of carbonyl (C=O) groups excluding carboxylic acids is 1. The lowest BCUT2D eigenvalue weighted by molar-refractivity contribution is -0.391. The predicted molar refractivity (Wildman–Crippen MR) is 78.7 cm³/mol. The van der Waals surface area contributed by atoms with E-state index in [-0.39, 0.29) is 5.69 Å². The largest absolute Gasteiger partial charge is 0.507 e. The van der Waals surface area contributed by atoms with E-state index in [1.807, 2.05) is 0 Å². The normalized spacial score (nSPS) is 18.2. The standard InChI is InChI=1S/C15H13F4N3O3/c1-13(2,3)12(23)9(7-20)22-21-8-4-5-10-11(6-8)25-15(18,19)14(16,17)24-10/h4-6,21H,1-3H3/b22-9-. The Kier molecular flexibility index (Phi) is 4.38. The van der Waals surface area contributed by atoms with Gasteiger partial charge in [-0.15, -0.1) is 0 Å². The highest BCUT2D eigenvalue weighted by Crippen LogP contribution is 2.47. The highest BCUT2D eigenvalue weighted by molar-refractivity contribution is 6.47. The fraction of sp³-hybridized carbons (Fsp3) is 0.400. The van der Waals surface area contributed by atoms with Crippen molar-refractivity contribution >= 4 is 17.2 Å². The molecule has 0 unspecified atom stereocenters. The van der Waals surface area contributed by atoms with Crippen LogP contribution in [0, 0.1) is 16.7 Å². The number of nitriles is 1. The van der Waals surface area contributed by atoms with Crippen molar-refractivity contribution in [3.8, 4) is 17.6 Å². The first-order valence-electron chi connectivity index (χ1n) is 6.94. The van der Waals surface area contributed by atoms with Crippen LogP contribution in [0.1, 0.15) is 20.8 Å². The molecule has 0 fully saturated rings. The van der Waals surface area contributed by atoms with Gasteiger partial charge in [-0.1, -0.05) is 20.8 Å². The second-order valence-electron chi connectivity index (χ2n) is 6.16. The van der Waals surface area contributed by atoms with Gasteiger partial charge in [-0.3, -0.25) is 10.2 Å². The summed E-state index contributed by atoms with van der Waals surface area (Å²) < 4.78 is 60.4. The molecule has 2 rings (SSSR count). The van der Waals surface area contributed by atoms with Crippen LogP contribution in [0.2, 0.25) is 0 Å². The van der Waals surface area contributed by atoms with Crippen molar-refractivity contribution in [2.24, 2.45) is 10.5 Å². The lowest BCUT2D eigenvalue weighted by atomic mass is 9.88. The summed E-state index contributed by atoms with van der Waals surface area (Å²) in [6.07, 6.45) is -9.65. The molecule has 0 aliphatic carbocycles. The Morgan fingerprint density at radius 3 is 2.24 bits per heavy atom. The van der Waals surface area contributed by atoms with Crippen LogP contribution < -0.4 is 14.9 Å². The fourth-order valence-electron chi connectivity index (χ4n) is 1.74. The second kappa shape index (κ2) is 5.91.